The molecule has 1 fully saturated rings. The Morgan fingerprint density at radius 1 is 1.32 bits per heavy atom. The molecule has 2 amide bonds. The van der Waals surface area contributed by atoms with Crippen molar-refractivity contribution in [3.63, 3.8) is 0 Å². The molecular weight excluding hydrogens is 246 g/mol. The van der Waals surface area contributed by atoms with E-state index in [-0.39, 0.29) is 24.5 Å². The van der Waals surface area contributed by atoms with E-state index in [0.29, 0.717) is 6.42 Å². The molecule has 1 saturated heterocycles. The minimum atomic E-state index is -0.0839. The summed E-state index contributed by atoms with van der Waals surface area (Å²) in [7, 11) is 1.51. The summed E-state index contributed by atoms with van der Waals surface area (Å²) in [4.78, 5) is 25.1. The Morgan fingerprint density at radius 3 is 2.58 bits per heavy atom. The lowest BCUT2D eigenvalue weighted by Gasteiger charge is -2.32. The Kier molecular flexibility index (Phi) is 7.43. The number of ether oxygens (including phenoxy) is 1. The van der Waals surface area contributed by atoms with Crippen molar-refractivity contribution in [2.75, 3.05) is 39.9 Å². The van der Waals surface area contributed by atoms with Crippen LogP contribution in [0.15, 0.2) is 0 Å². The van der Waals surface area contributed by atoms with E-state index in [1.807, 2.05) is 11.8 Å². The molecule has 110 valence electrons. The minimum absolute atomic E-state index is 0.0839. The first-order chi connectivity index (χ1) is 9.17. The highest BCUT2D eigenvalue weighted by molar-refractivity contribution is 5.78. The molecule has 6 heteroatoms. The van der Waals surface area contributed by atoms with Crippen molar-refractivity contribution in [3.05, 3.63) is 0 Å². The Labute approximate surface area is 114 Å². The number of hydrogen-bond donors (Lipinski definition) is 2. The number of amides is 2. The molecule has 0 unspecified atom stereocenters. The standard InChI is InChI=1S/C13H25N3O3/c1-3-14-7-4-13(18)16-8-5-11(6-9-16)15-12(17)10-19-2/h11,14H,3-10H2,1-2H3,(H,15,17). The topological polar surface area (TPSA) is 70.7 Å². The molecule has 1 aliphatic heterocycles. The average Bonchev–Trinajstić information content (AvgIpc) is 2.40. The Balaban J connectivity index is 2.21. The van der Waals surface area contributed by atoms with E-state index in [1.54, 1.807) is 0 Å². The number of carbonyl (C=O) groups is 2. The number of carbonyl (C=O) groups excluding carboxylic acids is 2. The van der Waals surface area contributed by atoms with Crippen molar-refractivity contribution in [2.24, 2.45) is 0 Å². The van der Waals surface area contributed by atoms with E-state index in [0.717, 1.165) is 39.0 Å². The second kappa shape index (κ2) is 8.87. The van der Waals surface area contributed by atoms with Crippen molar-refractivity contribution >= 4 is 11.8 Å². The monoisotopic (exact) mass is 271 g/mol. The zero-order valence-electron chi connectivity index (χ0n) is 11.9. The summed E-state index contributed by atoms with van der Waals surface area (Å²) < 4.78 is 4.78. The van der Waals surface area contributed by atoms with Crippen molar-refractivity contribution in [2.45, 2.75) is 32.2 Å². The maximum atomic E-state index is 11.9. The van der Waals surface area contributed by atoms with Gasteiger partial charge in [-0.05, 0) is 19.4 Å². The molecule has 1 rings (SSSR count). The minimum Gasteiger partial charge on any atom is -0.375 e. The van der Waals surface area contributed by atoms with Gasteiger partial charge in [0.25, 0.3) is 0 Å². The third-order valence-corrected chi connectivity index (χ3v) is 3.25. The zero-order valence-corrected chi connectivity index (χ0v) is 11.9. The first kappa shape index (κ1) is 15.9. The molecule has 6 nitrogen and oxygen atoms in total. The molecule has 2 N–H and O–H groups in total. The second-order valence-corrected chi connectivity index (χ2v) is 4.76. The van der Waals surface area contributed by atoms with Gasteiger partial charge in [0.05, 0.1) is 0 Å². The highest BCUT2D eigenvalue weighted by Gasteiger charge is 2.23. The number of piperidine rings is 1. The lowest BCUT2D eigenvalue weighted by Crippen LogP contribution is -2.47. The largest absolute Gasteiger partial charge is 0.375 e. The maximum absolute atomic E-state index is 11.9. The van der Waals surface area contributed by atoms with E-state index < -0.39 is 0 Å². The van der Waals surface area contributed by atoms with E-state index in [1.165, 1.54) is 7.11 Å². The van der Waals surface area contributed by atoms with Gasteiger partial charge in [-0.3, -0.25) is 9.59 Å². The summed E-state index contributed by atoms with van der Waals surface area (Å²) >= 11 is 0. The van der Waals surface area contributed by atoms with E-state index in [2.05, 4.69) is 10.6 Å². The number of nitrogens with zero attached hydrogens (tertiary/aromatic N) is 1. The van der Waals surface area contributed by atoms with E-state index in [9.17, 15) is 9.59 Å². The third-order valence-electron chi connectivity index (χ3n) is 3.25. The molecule has 0 aromatic heterocycles. The highest BCUT2D eigenvalue weighted by atomic mass is 16.5. The summed E-state index contributed by atoms with van der Waals surface area (Å²) in [6, 6.07) is 0.167. The molecule has 0 spiro atoms. The predicted octanol–water partition coefficient (Wildman–Crippen LogP) is -0.260. The number of rotatable bonds is 7. The molecule has 1 heterocycles. The molecule has 0 bridgehead atoms. The lowest BCUT2D eigenvalue weighted by molar-refractivity contribution is -0.132. The third kappa shape index (κ3) is 6.02. The number of nitrogens with one attached hydrogen (secondary N) is 2. The zero-order chi connectivity index (χ0) is 14.1. The van der Waals surface area contributed by atoms with Crippen LogP contribution in [0.25, 0.3) is 0 Å². The number of methoxy groups -OCH3 is 1. The van der Waals surface area contributed by atoms with Crippen LogP contribution in [0.1, 0.15) is 26.2 Å². The van der Waals surface area contributed by atoms with Crippen LogP contribution >= 0.6 is 0 Å². The quantitative estimate of drug-likeness (QED) is 0.626. The summed E-state index contributed by atoms with van der Waals surface area (Å²) in [5.74, 6) is 0.113. The van der Waals surface area contributed by atoms with Gasteiger partial charge < -0.3 is 20.3 Å². The van der Waals surface area contributed by atoms with Crippen LogP contribution in [0.5, 0.6) is 0 Å². The molecule has 0 aliphatic carbocycles. The van der Waals surface area contributed by atoms with Gasteiger partial charge >= 0.3 is 0 Å². The van der Waals surface area contributed by atoms with E-state index in [4.69, 9.17) is 4.74 Å². The van der Waals surface area contributed by atoms with Crippen molar-refractivity contribution < 1.29 is 14.3 Å². The maximum Gasteiger partial charge on any atom is 0.246 e. The predicted molar refractivity (Wildman–Crippen MR) is 72.8 cm³/mol. The van der Waals surface area contributed by atoms with Crippen LogP contribution in [0.4, 0.5) is 0 Å². The van der Waals surface area contributed by atoms with Crippen LogP contribution in [0, 0.1) is 0 Å². The fraction of sp³-hybridized carbons (Fsp3) is 0.846. The van der Waals surface area contributed by atoms with Crippen molar-refractivity contribution in [1.29, 1.82) is 0 Å². The normalized spacial score (nSPS) is 16.4. The van der Waals surface area contributed by atoms with Gasteiger partial charge in [-0.1, -0.05) is 6.92 Å². The van der Waals surface area contributed by atoms with Crippen LogP contribution in [-0.4, -0.2) is 62.7 Å². The molecular formula is C13H25N3O3. The summed E-state index contributed by atoms with van der Waals surface area (Å²) in [6.07, 6.45) is 2.19. The average molecular weight is 271 g/mol. The Bertz CT molecular complexity index is 289. The highest BCUT2D eigenvalue weighted by Crippen LogP contribution is 2.11. The lowest BCUT2D eigenvalue weighted by atomic mass is 10.0. The van der Waals surface area contributed by atoms with Gasteiger partial charge in [-0.15, -0.1) is 0 Å². The smallest absolute Gasteiger partial charge is 0.246 e. The fourth-order valence-corrected chi connectivity index (χ4v) is 2.20. The first-order valence-electron chi connectivity index (χ1n) is 6.94. The van der Waals surface area contributed by atoms with Gasteiger partial charge in [0.15, 0.2) is 0 Å². The van der Waals surface area contributed by atoms with Crippen LogP contribution in [0.2, 0.25) is 0 Å². The molecule has 1 aliphatic rings. The molecule has 0 radical (unpaired) electrons. The summed E-state index contributed by atoms with van der Waals surface area (Å²) in [6.45, 7) is 5.20. The number of hydrogen-bond acceptors (Lipinski definition) is 4. The summed E-state index contributed by atoms with van der Waals surface area (Å²) in [5.41, 5.74) is 0. The van der Waals surface area contributed by atoms with Gasteiger partial charge in [-0.2, -0.15) is 0 Å². The van der Waals surface area contributed by atoms with Crippen LogP contribution in [0.3, 0.4) is 0 Å². The summed E-state index contributed by atoms with van der Waals surface area (Å²) in [5, 5.41) is 6.07. The van der Waals surface area contributed by atoms with Crippen LogP contribution in [-0.2, 0) is 14.3 Å². The Hall–Kier alpha value is -1.14. The SMILES string of the molecule is CCNCCC(=O)N1CCC(NC(=O)COC)CC1. The molecule has 0 saturated carbocycles. The van der Waals surface area contributed by atoms with Gasteiger partial charge in [0.2, 0.25) is 11.8 Å². The molecule has 0 aromatic carbocycles. The molecule has 0 atom stereocenters. The van der Waals surface area contributed by atoms with E-state index >= 15 is 0 Å². The molecule has 0 aromatic rings. The Morgan fingerprint density at radius 2 is 2.00 bits per heavy atom. The van der Waals surface area contributed by atoms with Gasteiger partial charge in [0, 0.05) is 39.2 Å². The number of likely N-dealkylation sites (tertiary alicyclic amines) is 1. The molecule has 19 heavy (non-hydrogen) atoms. The fourth-order valence-electron chi connectivity index (χ4n) is 2.20. The van der Waals surface area contributed by atoms with Gasteiger partial charge in [-0.25, -0.2) is 0 Å². The van der Waals surface area contributed by atoms with Crippen molar-refractivity contribution in [3.8, 4) is 0 Å². The van der Waals surface area contributed by atoms with Gasteiger partial charge in [0.1, 0.15) is 6.61 Å². The first-order valence-corrected chi connectivity index (χ1v) is 6.94. The van der Waals surface area contributed by atoms with Crippen LogP contribution < -0.4 is 10.6 Å². The van der Waals surface area contributed by atoms with Crippen molar-refractivity contribution in [1.82, 2.24) is 15.5 Å². The second-order valence-electron chi connectivity index (χ2n) is 4.76.